The standard InChI is InChI=1S/C13H15NO6/c15-11-4-3-8(6-10(11)12(16)17)14-13(18)20-7-9-2-1-5-19-9/h3-4,6,9,15H,1-2,5,7H2,(H,14,18)(H,16,17). The number of anilines is 1. The number of carbonyl (C=O) groups is 2. The van der Waals surface area contributed by atoms with Gasteiger partial charge in [0, 0.05) is 12.3 Å². The summed E-state index contributed by atoms with van der Waals surface area (Å²) in [6, 6.07) is 3.74. The molecule has 1 heterocycles. The van der Waals surface area contributed by atoms with E-state index < -0.39 is 12.1 Å². The maximum atomic E-state index is 11.5. The molecule has 1 saturated heterocycles. The van der Waals surface area contributed by atoms with Gasteiger partial charge in [-0.1, -0.05) is 0 Å². The quantitative estimate of drug-likeness (QED) is 0.727. The summed E-state index contributed by atoms with van der Waals surface area (Å²) in [4.78, 5) is 22.4. The van der Waals surface area contributed by atoms with E-state index in [2.05, 4.69) is 5.32 Å². The maximum absolute atomic E-state index is 11.5. The van der Waals surface area contributed by atoms with Gasteiger partial charge in [0.2, 0.25) is 0 Å². The van der Waals surface area contributed by atoms with Crippen LogP contribution < -0.4 is 5.32 Å². The lowest BCUT2D eigenvalue weighted by molar-refractivity contribution is 0.0484. The SMILES string of the molecule is O=C(Nc1ccc(O)c(C(=O)O)c1)OCC1CCCO1. The summed E-state index contributed by atoms with van der Waals surface area (Å²) in [5, 5.41) is 20.6. The Bertz CT molecular complexity index is 510. The molecule has 1 aliphatic heterocycles. The number of rotatable bonds is 4. The van der Waals surface area contributed by atoms with Crippen molar-refractivity contribution in [2.24, 2.45) is 0 Å². The Kier molecular flexibility index (Phi) is 4.41. The summed E-state index contributed by atoms with van der Waals surface area (Å²) in [5.74, 6) is -1.64. The Morgan fingerprint density at radius 3 is 2.90 bits per heavy atom. The summed E-state index contributed by atoms with van der Waals surface area (Å²) in [7, 11) is 0. The zero-order chi connectivity index (χ0) is 14.5. The molecule has 1 aliphatic rings. The van der Waals surface area contributed by atoms with Gasteiger partial charge in [0.1, 0.15) is 17.9 Å². The molecular formula is C13H15NO6. The zero-order valence-electron chi connectivity index (χ0n) is 10.7. The first-order valence-electron chi connectivity index (χ1n) is 6.18. The molecule has 7 nitrogen and oxygen atoms in total. The molecule has 1 unspecified atom stereocenters. The number of carboxylic acids is 1. The monoisotopic (exact) mass is 281 g/mol. The minimum absolute atomic E-state index is 0.0739. The van der Waals surface area contributed by atoms with E-state index in [0.29, 0.717) is 6.61 Å². The number of aromatic carboxylic acids is 1. The molecule has 20 heavy (non-hydrogen) atoms. The summed E-state index contributed by atoms with van der Waals surface area (Å²) >= 11 is 0. The van der Waals surface area contributed by atoms with Gasteiger partial charge in [-0.25, -0.2) is 9.59 Å². The Hall–Kier alpha value is -2.28. The number of hydrogen-bond donors (Lipinski definition) is 3. The fourth-order valence-electron chi connectivity index (χ4n) is 1.88. The predicted molar refractivity (Wildman–Crippen MR) is 69.0 cm³/mol. The van der Waals surface area contributed by atoms with E-state index in [0.717, 1.165) is 18.9 Å². The van der Waals surface area contributed by atoms with E-state index in [-0.39, 0.29) is 29.7 Å². The lowest BCUT2D eigenvalue weighted by atomic mass is 10.2. The summed E-state index contributed by atoms with van der Waals surface area (Å²) in [6.45, 7) is 0.839. The molecule has 1 atom stereocenters. The highest BCUT2D eigenvalue weighted by Gasteiger charge is 2.18. The third-order valence-corrected chi connectivity index (χ3v) is 2.90. The summed E-state index contributed by atoms with van der Waals surface area (Å²) in [6.07, 6.45) is 1.04. The van der Waals surface area contributed by atoms with Crippen LogP contribution in [-0.2, 0) is 9.47 Å². The first-order valence-corrected chi connectivity index (χ1v) is 6.18. The van der Waals surface area contributed by atoms with Gasteiger partial charge < -0.3 is 19.7 Å². The molecule has 0 aliphatic carbocycles. The fraction of sp³-hybridized carbons (Fsp3) is 0.385. The number of hydrogen-bond acceptors (Lipinski definition) is 5. The second-order valence-electron chi connectivity index (χ2n) is 4.40. The Morgan fingerprint density at radius 2 is 2.25 bits per heavy atom. The number of carbonyl (C=O) groups excluding carboxylic acids is 1. The molecular weight excluding hydrogens is 266 g/mol. The molecule has 0 radical (unpaired) electrons. The van der Waals surface area contributed by atoms with Crippen molar-refractivity contribution in [3.8, 4) is 5.75 Å². The normalized spacial score (nSPS) is 17.7. The molecule has 108 valence electrons. The van der Waals surface area contributed by atoms with E-state index in [9.17, 15) is 14.7 Å². The van der Waals surface area contributed by atoms with Gasteiger partial charge in [-0.15, -0.1) is 0 Å². The number of aromatic hydroxyl groups is 1. The Labute approximate surface area is 115 Å². The first kappa shape index (κ1) is 14.1. The van der Waals surface area contributed by atoms with Gasteiger partial charge in [0.05, 0.1) is 6.10 Å². The highest BCUT2D eigenvalue weighted by Crippen LogP contribution is 2.21. The van der Waals surface area contributed by atoms with Crippen LogP contribution in [0.2, 0.25) is 0 Å². The first-order chi connectivity index (χ1) is 9.56. The van der Waals surface area contributed by atoms with Crippen molar-refractivity contribution in [2.75, 3.05) is 18.5 Å². The van der Waals surface area contributed by atoms with Gasteiger partial charge in [-0.2, -0.15) is 0 Å². The Balaban J connectivity index is 1.90. The van der Waals surface area contributed by atoms with Crippen LogP contribution in [0.5, 0.6) is 5.75 Å². The predicted octanol–water partition coefficient (Wildman–Crippen LogP) is 1.82. The molecule has 1 aromatic carbocycles. The highest BCUT2D eigenvalue weighted by molar-refractivity contribution is 5.93. The molecule has 1 amide bonds. The van der Waals surface area contributed by atoms with E-state index in [1.54, 1.807) is 0 Å². The topological polar surface area (TPSA) is 105 Å². The van der Waals surface area contributed by atoms with E-state index in [4.69, 9.17) is 14.6 Å². The smallest absolute Gasteiger partial charge is 0.411 e. The van der Waals surface area contributed by atoms with Crippen LogP contribution in [0.25, 0.3) is 0 Å². The third kappa shape index (κ3) is 3.61. The number of ether oxygens (including phenoxy) is 2. The van der Waals surface area contributed by atoms with Crippen molar-refractivity contribution >= 4 is 17.7 Å². The zero-order valence-corrected chi connectivity index (χ0v) is 10.7. The van der Waals surface area contributed by atoms with Gasteiger partial charge in [0.25, 0.3) is 0 Å². The minimum Gasteiger partial charge on any atom is -0.507 e. The molecule has 1 aromatic rings. The van der Waals surface area contributed by atoms with Gasteiger partial charge >= 0.3 is 12.1 Å². The van der Waals surface area contributed by atoms with Crippen LogP contribution in [-0.4, -0.2) is 41.6 Å². The molecule has 0 bridgehead atoms. The third-order valence-electron chi connectivity index (χ3n) is 2.90. The van der Waals surface area contributed by atoms with Crippen LogP contribution in [0.4, 0.5) is 10.5 Å². The lowest BCUT2D eigenvalue weighted by Crippen LogP contribution is -2.21. The van der Waals surface area contributed by atoms with E-state index in [1.165, 1.54) is 12.1 Å². The average molecular weight is 281 g/mol. The number of nitrogens with one attached hydrogen (secondary N) is 1. The van der Waals surface area contributed by atoms with Crippen LogP contribution >= 0.6 is 0 Å². The van der Waals surface area contributed by atoms with Crippen molar-refractivity contribution in [2.45, 2.75) is 18.9 Å². The van der Waals surface area contributed by atoms with E-state index in [1.807, 2.05) is 0 Å². The number of amides is 1. The molecule has 0 aromatic heterocycles. The molecule has 3 N–H and O–H groups in total. The van der Waals surface area contributed by atoms with Crippen LogP contribution in [0, 0.1) is 0 Å². The highest BCUT2D eigenvalue weighted by atomic mass is 16.6. The van der Waals surface area contributed by atoms with Gasteiger partial charge in [-0.3, -0.25) is 5.32 Å². The maximum Gasteiger partial charge on any atom is 0.411 e. The second-order valence-corrected chi connectivity index (χ2v) is 4.40. The van der Waals surface area contributed by atoms with Gasteiger partial charge in [0.15, 0.2) is 0 Å². The van der Waals surface area contributed by atoms with Gasteiger partial charge in [-0.05, 0) is 31.0 Å². The number of carboxylic acid groups (broad SMARTS) is 1. The minimum atomic E-state index is -1.28. The summed E-state index contributed by atoms with van der Waals surface area (Å²) in [5.41, 5.74) is -0.0560. The van der Waals surface area contributed by atoms with Crippen molar-refractivity contribution < 1.29 is 29.3 Å². The number of benzene rings is 1. The van der Waals surface area contributed by atoms with Crippen molar-refractivity contribution in [1.82, 2.24) is 0 Å². The van der Waals surface area contributed by atoms with Crippen molar-refractivity contribution in [3.63, 3.8) is 0 Å². The average Bonchev–Trinajstić information content (AvgIpc) is 2.91. The van der Waals surface area contributed by atoms with Crippen LogP contribution in [0.15, 0.2) is 18.2 Å². The molecule has 0 spiro atoms. The molecule has 1 fully saturated rings. The van der Waals surface area contributed by atoms with Crippen LogP contribution in [0.3, 0.4) is 0 Å². The fourth-order valence-corrected chi connectivity index (χ4v) is 1.88. The molecule has 0 saturated carbocycles. The molecule has 2 rings (SSSR count). The van der Waals surface area contributed by atoms with Crippen molar-refractivity contribution in [1.29, 1.82) is 0 Å². The number of phenols is 1. The van der Waals surface area contributed by atoms with Crippen LogP contribution in [0.1, 0.15) is 23.2 Å². The second kappa shape index (κ2) is 6.25. The van der Waals surface area contributed by atoms with E-state index >= 15 is 0 Å². The summed E-state index contributed by atoms with van der Waals surface area (Å²) < 4.78 is 10.3. The largest absolute Gasteiger partial charge is 0.507 e. The molecule has 7 heteroatoms. The lowest BCUT2D eigenvalue weighted by Gasteiger charge is -2.11. The van der Waals surface area contributed by atoms with Crippen molar-refractivity contribution in [3.05, 3.63) is 23.8 Å². The Morgan fingerprint density at radius 1 is 1.45 bits per heavy atom.